The molecule has 4 heteroatoms. The monoisotopic (exact) mass is 588 g/mol. The second kappa shape index (κ2) is 10.2. The summed E-state index contributed by atoms with van der Waals surface area (Å²) in [4.78, 5) is 0. The third-order valence-electron chi connectivity index (χ3n) is 8.35. The van der Waals surface area contributed by atoms with E-state index in [4.69, 9.17) is 17.0 Å². The molecule has 0 heterocycles. The van der Waals surface area contributed by atoms with E-state index in [0.717, 1.165) is 12.8 Å². The second-order valence-corrected chi connectivity index (χ2v) is 49.6. The molecule has 4 rings (SSSR count). The van der Waals surface area contributed by atoms with Gasteiger partial charge in [0.2, 0.25) is 0 Å². The van der Waals surface area contributed by atoms with Crippen molar-refractivity contribution in [2.45, 2.75) is 86.6 Å². The summed E-state index contributed by atoms with van der Waals surface area (Å²) in [7, 11) is 16.5. The van der Waals surface area contributed by atoms with Gasteiger partial charge in [0.15, 0.2) is 0 Å². The van der Waals surface area contributed by atoms with E-state index in [-0.39, 0.29) is 7.25 Å². The number of benzene rings is 2. The van der Waals surface area contributed by atoms with Crippen molar-refractivity contribution >= 4 is 34.6 Å². The number of hydrogen-bond donors (Lipinski definition) is 0. The molecule has 0 amide bonds. The number of rotatable bonds is 8. The third-order valence-corrected chi connectivity index (χ3v) is 55.3. The first-order valence-corrected chi connectivity index (χ1v) is 28.5. The van der Waals surface area contributed by atoms with Crippen LogP contribution in [0.2, 0.25) is 13.1 Å². The van der Waals surface area contributed by atoms with Crippen molar-refractivity contribution in [1.82, 2.24) is 0 Å². The number of halogens is 2. The molecule has 0 radical (unpaired) electrons. The molecule has 0 saturated carbocycles. The van der Waals surface area contributed by atoms with Crippen LogP contribution < -0.4 is 0 Å². The van der Waals surface area contributed by atoms with Crippen LogP contribution in [0, 0.1) is 0 Å². The summed E-state index contributed by atoms with van der Waals surface area (Å²) in [6.45, 7) is 13.9. The SMILES string of the molecule is CCCCc1cccc2c1C=C(C)[CH]2[Zr]([Cl])([Cl])([CH]1C(C)=Cc2c(CCCC)cccc21)=[Si](C)C. The van der Waals surface area contributed by atoms with Crippen LogP contribution >= 0.6 is 17.0 Å². The van der Waals surface area contributed by atoms with Crippen LogP contribution in [0.1, 0.15) is 94.0 Å². The Morgan fingerprint density at radius 3 is 1.50 bits per heavy atom. The van der Waals surface area contributed by atoms with Crippen LogP contribution in [-0.4, -0.2) is 5.43 Å². The van der Waals surface area contributed by atoms with Gasteiger partial charge in [-0.25, -0.2) is 0 Å². The number of allylic oxidation sites excluding steroid dienone is 2. The van der Waals surface area contributed by atoms with Gasteiger partial charge >= 0.3 is 217 Å². The summed E-state index contributed by atoms with van der Waals surface area (Å²) in [5, 5.41) is 0. The molecule has 0 bridgehead atoms. The molecule has 0 spiro atoms. The average Bonchev–Trinajstić information content (AvgIpc) is 3.33. The molecule has 0 N–H and O–H groups in total. The van der Waals surface area contributed by atoms with Gasteiger partial charge in [-0.3, -0.25) is 0 Å². The molecule has 2 aliphatic carbocycles. The van der Waals surface area contributed by atoms with Gasteiger partial charge in [0.1, 0.15) is 0 Å². The van der Waals surface area contributed by atoms with Crippen LogP contribution in [0.4, 0.5) is 0 Å². The van der Waals surface area contributed by atoms with Gasteiger partial charge in [0, 0.05) is 0 Å². The number of fused-ring (bicyclic) bond motifs is 2. The fourth-order valence-electron chi connectivity index (χ4n) is 6.55. The Hall–Kier alpha value is -0.400. The quantitative estimate of drug-likeness (QED) is 0.268. The van der Waals surface area contributed by atoms with Crippen LogP contribution in [0.3, 0.4) is 0 Å². The summed E-state index contributed by atoms with van der Waals surface area (Å²) in [6, 6.07) is 13.8. The molecule has 2 aromatic rings. The van der Waals surface area contributed by atoms with Crippen molar-refractivity contribution in [3.8, 4) is 0 Å². The predicted octanol–water partition coefficient (Wildman–Crippen LogP) is 10.2. The van der Waals surface area contributed by atoms with Gasteiger partial charge < -0.3 is 0 Å². The molecule has 0 fully saturated rings. The van der Waals surface area contributed by atoms with Gasteiger partial charge in [0.25, 0.3) is 0 Å². The van der Waals surface area contributed by atoms with E-state index in [1.165, 1.54) is 70.2 Å². The summed E-state index contributed by atoms with van der Waals surface area (Å²) in [5.41, 5.74) is 10.4. The zero-order chi connectivity index (χ0) is 24.7. The van der Waals surface area contributed by atoms with Crippen molar-refractivity contribution in [2.75, 3.05) is 0 Å². The van der Waals surface area contributed by atoms with Crippen LogP contribution in [-0.2, 0) is 27.9 Å². The summed E-state index contributed by atoms with van der Waals surface area (Å²) >= 11 is -4.50. The summed E-state index contributed by atoms with van der Waals surface area (Å²) in [6.07, 6.45) is 12.0. The Kier molecular flexibility index (Phi) is 7.97. The number of hydrogen-bond acceptors (Lipinski definition) is 0. The van der Waals surface area contributed by atoms with Gasteiger partial charge in [-0.05, 0) is 0 Å². The predicted molar refractivity (Wildman–Crippen MR) is 152 cm³/mol. The Labute approximate surface area is 215 Å². The van der Waals surface area contributed by atoms with E-state index >= 15 is 0 Å². The summed E-state index contributed by atoms with van der Waals surface area (Å²) in [5.74, 6) is 0. The van der Waals surface area contributed by atoms with Crippen LogP contribution in [0.15, 0.2) is 47.5 Å². The molecule has 0 aliphatic heterocycles. The first-order chi connectivity index (χ1) is 16.1. The molecular weight excluding hydrogens is 551 g/mol. The molecule has 2 aromatic carbocycles. The fourth-order valence-corrected chi connectivity index (χ4v) is 37.0. The molecule has 0 aromatic heterocycles. The van der Waals surface area contributed by atoms with Crippen molar-refractivity contribution in [3.05, 3.63) is 80.9 Å². The second-order valence-electron chi connectivity index (χ2n) is 10.8. The maximum atomic E-state index is 8.24. The topological polar surface area (TPSA) is 0 Å². The van der Waals surface area contributed by atoms with E-state index in [1.54, 1.807) is 0 Å². The standard InChI is InChI=1S/2C14H17.C2H6Si.2ClH.Zr/c2*1-3-4-6-12-7-5-8-13-9-11(2)10-14(12)13;1-3-2;;;/h2*5,7-10H,3-4,6H2,1-2H3;1-2H3;2*1H;/q;;;;;+2/p-2. The zero-order valence-electron chi connectivity index (χ0n) is 21.8. The Balaban J connectivity index is 1.92. The molecule has 2 unspecified atom stereocenters. The molecule has 2 aliphatic rings. The van der Waals surface area contributed by atoms with Crippen molar-refractivity contribution < 1.29 is 15.0 Å². The van der Waals surface area contributed by atoms with E-state index in [2.05, 4.69) is 89.3 Å². The normalized spacial score (nSPS) is 19.6. The van der Waals surface area contributed by atoms with Crippen LogP contribution in [0.25, 0.3) is 12.2 Å². The minimum atomic E-state index is -4.50. The van der Waals surface area contributed by atoms with Gasteiger partial charge in [0.05, 0.1) is 0 Å². The maximum absolute atomic E-state index is 8.24. The Morgan fingerprint density at radius 2 is 1.15 bits per heavy atom. The Bertz CT molecular complexity index is 1150. The average molecular weight is 591 g/mol. The molecule has 2 atom stereocenters. The number of unbranched alkanes of at least 4 members (excludes halogenated alkanes) is 2. The first kappa shape index (κ1) is 26.7. The van der Waals surface area contributed by atoms with Gasteiger partial charge in [-0.15, -0.1) is 0 Å². The zero-order valence-corrected chi connectivity index (χ0v) is 26.7. The van der Waals surface area contributed by atoms with E-state index in [1.807, 2.05) is 0 Å². The van der Waals surface area contributed by atoms with E-state index in [9.17, 15) is 0 Å². The third kappa shape index (κ3) is 4.23. The molecular formula is C30H40Cl2SiZr. The molecule has 34 heavy (non-hydrogen) atoms. The van der Waals surface area contributed by atoms with E-state index in [0.29, 0.717) is 0 Å². The van der Waals surface area contributed by atoms with E-state index < -0.39 is 20.4 Å². The van der Waals surface area contributed by atoms with Crippen molar-refractivity contribution in [1.29, 1.82) is 0 Å². The van der Waals surface area contributed by atoms with Crippen molar-refractivity contribution in [2.24, 2.45) is 0 Å². The molecule has 182 valence electrons. The van der Waals surface area contributed by atoms with Crippen LogP contribution in [0.5, 0.6) is 0 Å². The first-order valence-electron chi connectivity index (χ1n) is 13.1. The van der Waals surface area contributed by atoms with Crippen molar-refractivity contribution in [3.63, 3.8) is 0 Å². The number of aryl methyl sites for hydroxylation is 2. The minimum absolute atomic E-state index is 0.198. The molecule has 0 saturated heterocycles. The molecule has 0 nitrogen and oxygen atoms in total. The van der Waals surface area contributed by atoms with Gasteiger partial charge in [-0.2, -0.15) is 0 Å². The summed E-state index contributed by atoms with van der Waals surface area (Å²) < 4.78 is 0.396. The fraction of sp³-hybridized carbons (Fsp3) is 0.467. The van der Waals surface area contributed by atoms with Gasteiger partial charge in [-0.1, -0.05) is 0 Å². The Morgan fingerprint density at radius 1 is 0.735 bits per heavy atom.